The van der Waals surface area contributed by atoms with Crippen LogP contribution in [-0.2, 0) is 0 Å². The zero-order valence-corrected chi connectivity index (χ0v) is 20.6. The molecule has 0 aliphatic carbocycles. The van der Waals surface area contributed by atoms with E-state index in [4.69, 9.17) is 0 Å². The van der Waals surface area contributed by atoms with Crippen molar-refractivity contribution >= 4 is 21.6 Å². The normalized spacial score (nSPS) is 14.8. The maximum absolute atomic E-state index is 3.67. The minimum Gasteiger partial charge on any atom is -0.316 e. The van der Waals surface area contributed by atoms with Gasteiger partial charge in [-0.1, -0.05) is 77.0 Å². The second-order valence-electron chi connectivity index (χ2n) is 9.32. The number of hydrogen-bond donors (Lipinski definition) is 2. The number of rotatable bonds is 17. The Morgan fingerprint density at radius 2 is 0.923 bits per heavy atom. The van der Waals surface area contributed by atoms with Crippen LogP contribution in [0.25, 0.3) is 0 Å². The lowest BCUT2D eigenvalue weighted by atomic mass is 9.87. The summed E-state index contributed by atoms with van der Waals surface area (Å²) in [7, 11) is 4.03. The van der Waals surface area contributed by atoms with Gasteiger partial charge in [-0.3, -0.25) is 0 Å². The van der Waals surface area contributed by atoms with Crippen molar-refractivity contribution in [3.05, 3.63) is 0 Å². The molecule has 0 amide bonds. The first-order valence-corrected chi connectivity index (χ1v) is 13.4. The lowest BCUT2D eigenvalue weighted by Crippen LogP contribution is -2.29. The molecule has 0 aromatic rings. The summed E-state index contributed by atoms with van der Waals surface area (Å²) in [5, 5.41) is 7.34. The molecular formula is C22H48N2S2. The fourth-order valence-electron chi connectivity index (χ4n) is 3.31. The minimum atomic E-state index is 0.781. The Kier molecular flexibility index (Phi) is 17.0. The zero-order chi connectivity index (χ0) is 19.9. The fourth-order valence-corrected chi connectivity index (χ4v) is 5.21. The molecule has 0 aromatic heterocycles. The predicted octanol–water partition coefficient (Wildman–Crippen LogP) is 6.18. The summed E-state index contributed by atoms with van der Waals surface area (Å²) in [6.07, 6.45) is 2.68. The Hall–Kier alpha value is 0.620. The third-order valence-electron chi connectivity index (χ3n) is 5.05. The molecule has 2 nitrogen and oxygen atoms in total. The molecule has 0 aromatic carbocycles. The predicted molar refractivity (Wildman–Crippen MR) is 126 cm³/mol. The van der Waals surface area contributed by atoms with Crippen LogP contribution in [0.5, 0.6) is 0 Å². The molecule has 0 aliphatic heterocycles. The van der Waals surface area contributed by atoms with Gasteiger partial charge in [0.1, 0.15) is 0 Å². The van der Waals surface area contributed by atoms with Crippen LogP contribution < -0.4 is 10.6 Å². The van der Waals surface area contributed by atoms with Crippen LogP contribution in [0.3, 0.4) is 0 Å². The summed E-state index contributed by atoms with van der Waals surface area (Å²) in [4.78, 5) is 0. The average molecular weight is 405 g/mol. The molecule has 158 valence electrons. The van der Waals surface area contributed by atoms with Crippen LogP contribution in [0.1, 0.15) is 68.2 Å². The lowest BCUT2D eigenvalue weighted by Gasteiger charge is -2.23. The van der Waals surface area contributed by atoms with E-state index in [2.05, 4.69) is 66.0 Å². The highest BCUT2D eigenvalue weighted by Gasteiger charge is 2.15. The molecule has 0 spiro atoms. The SMILES string of the molecule is CC(C)CC(CNCCSSCCNCC(CC(C)C)C(C)C)C(C)C. The highest BCUT2D eigenvalue weighted by Crippen LogP contribution is 2.22. The fraction of sp³-hybridized carbons (Fsp3) is 1.00. The molecule has 0 aliphatic rings. The molecule has 0 heterocycles. The van der Waals surface area contributed by atoms with Crippen molar-refractivity contribution in [3.63, 3.8) is 0 Å². The first-order valence-electron chi connectivity index (χ1n) is 10.9. The van der Waals surface area contributed by atoms with E-state index in [0.717, 1.165) is 48.6 Å². The minimum absolute atomic E-state index is 0.781. The Morgan fingerprint density at radius 1 is 0.577 bits per heavy atom. The van der Waals surface area contributed by atoms with E-state index in [-0.39, 0.29) is 0 Å². The summed E-state index contributed by atoms with van der Waals surface area (Å²) < 4.78 is 0. The van der Waals surface area contributed by atoms with E-state index < -0.39 is 0 Å². The van der Waals surface area contributed by atoms with Crippen molar-refractivity contribution in [1.82, 2.24) is 10.6 Å². The summed E-state index contributed by atoms with van der Waals surface area (Å²) >= 11 is 0. The maximum Gasteiger partial charge on any atom is 0.0162 e. The first-order chi connectivity index (χ1) is 12.2. The monoisotopic (exact) mass is 404 g/mol. The Balaban J connectivity index is 3.58. The first kappa shape index (κ1) is 26.6. The highest BCUT2D eigenvalue weighted by molar-refractivity contribution is 8.76. The van der Waals surface area contributed by atoms with E-state index in [9.17, 15) is 0 Å². The van der Waals surface area contributed by atoms with Gasteiger partial charge in [-0.15, -0.1) is 0 Å². The van der Waals surface area contributed by atoms with Crippen molar-refractivity contribution in [1.29, 1.82) is 0 Å². The van der Waals surface area contributed by atoms with E-state index in [1.54, 1.807) is 0 Å². The summed E-state index contributed by atoms with van der Waals surface area (Å²) in [5.41, 5.74) is 0. The second kappa shape index (κ2) is 16.6. The van der Waals surface area contributed by atoms with Crippen LogP contribution in [0, 0.1) is 35.5 Å². The van der Waals surface area contributed by atoms with Gasteiger partial charge < -0.3 is 10.6 Å². The van der Waals surface area contributed by atoms with Crippen LogP contribution in [-0.4, -0.2) is 37.7 Å². The van der Waals surface area contributed by atoms with Crippen LogP contribution >= 0.6 is 21.6 Å². The molecule has 4 heteroatoms. The van der Waals surface area contributed by atoms with Gasteiger partial charge in [-0.2, -0.15) is 0 Å². The quantitative estimate of drug-likeness (QED) is 0.223. The molecule has 0 rings (SSSR count). The van der Waals surface area contributed by atoms with Crippen molar-refractivity contribution < 1.29 is 0 Å². The van der Waals surface area contributed by atoms with Gasteiger partial charge in [0.2, 0.25) is 0 Å². The van der Waals surface area contributed by atoms with Gasteiger partial charge in [0.25, 0.3) is 0 Å². The molecule has 0 fully saturated rings. The van der Waals surface area contributed by atoms with Gasteiger partial charge in [-0.25, -0.2) is 0 Å². The number of hydrogen-bond acceptors (Lipinski definition) is 4. The van der Waals surface area contributed by atoms with E-state index in [0.29, 0.717) is 0 Å². The van der Waals surface area contributed by atoms with Crippen LogP contribution in [0.2, 0.25) is 0 Å². The third-order valence-corrected chi connectivity index (χ3v) is 7.46. The third kappa shape index (κ3) is 15.7. The molecular weight excluding hydrogens is 356 g/mol. The molecule has 2 unspecified atom stereocenters. The van der Waals surface area contributed by atoms with Gasteiger partial charge in [-0.05, 0) is 61.4 Å². The van der Waals surface area contributed by atoms with Gasteiger partial charge in [0.05, 0.1) is 0 Å². The van der Waals surface area contributed by atoms with Gasteiger partial charge in [0, 0.05) is 24.6 Å². The zero-order valence-electron chi connectivity index (χ0n) is 18.9. The summed E-state index contributed by atoms with van der Waals surface area (Å²) in [5.74, 6) is 7.22. The lowest BCUT2D eigenvalue weighted by molar-refractivity contribution is 0.306. The summed E-state index contributed by atoms with van der Waals surface area (Å²) in [6.45, 7) is 23.4. The van der Waals surface area contributed by atoms with E-state index >= 15 is 0 Å². The topological polar surface area (TPSA) is 24.1 Å². The highest BCUT2D eigenvalue weighted by atomic mass is 33.1. The summed E-state index contributed by atoms with van der Waals surface area (Å²) in [6, 6.07) is 0. The van der Waals surface area contributed by atoms with Gasteiger partial charge in [0.15, 0.2) is 0 Å². The second-order valence-corrected chi connectivity index (χ2v) is 12.0. The molecule has 0 saturated carbocycles. The molecule has 0 saturated heterocycles. The molecule has 26 heavy (non-hydrogen) atoms. The Morgan fingerprint density at radius 3 is 1.19 bits per heavy atom. The number of nitrogens with one attached hydrogen (secondary N) is 2. The van der Waals surface area contributed by atoms with Gasteiger partial charge >= 0.3 is 0 Å². The Labute approximate surface area is 173 Å². The van der Waals surface area contributed by atoms with Crippen molar-refractivity contribution in [2.45, 2.75) is 68.2 Å². The average Bonchev–Trinajstić information content (AvgIpc) is 2.53. The van der Waals surface area contributed by atoms with Crippen molar-refractivity contribution in [2.75, 3.05) is 37.7 Å². The standard InChI is InChI=1S/C22H48N2S2/c1-17(2)13-21(19(5)6)15-23-9-11-25-26-12-10-24-16-22(20(7)8)14-18(3)4/h17-24H,9-16H2,1-8H3. The van der Waals surface area contributed by atoms with Crippen LogP contribution in [0.15, 0.2) is 0 Å². The van der Waals surface area contributed by atoms with Crippen molar-refractivity contribution in [2.24, 2.45) is 35.5 Å². The largest absolute Gasteiger partial charge is 0.316 e. The molecule has 2 atom stereocenters. The van der Waals surface area contributed by atoms with E-state index in [1.165, 1.54) is 37.4 Å². The molecule has 0 bridgehead atoms. The van der Waals surface area contributed by atoms with Crippen LogP contribution in [0.4, 0.5) is 0 Å². The van der Waals surface area contributed by atoms with E-state index in [1.807, 2.05) is 21.6 Å². The maximum atomic E-state index is 3.67. The smallest absolute Gasteiger partial charge is 0.0162 e. The van der Waals surface area contributed by atoms with Crippen molar-refractivity contribution in [3.8, 4) is 0 Å². The molecule has 0 radical (unpaired) electrons. The Bertz CT molecular complexity index is 277. The molecule has 2 N–H and O–H groups in total.